The minimum Gasteiger partial charge on any atom is -0.353 e. The number of nitrogens with one attached hydrogen (secondary N) is 3. The van der Waals surface area contributed by atoms with Crippen molar-refractivity contribution in [2.45, 2.75) is 45.1 Å². The molecule has 1 atom stereocenters. The molecule has 1 unspecified atom stereocenters. The van der Waals surface area contributed by atoms with Gasteiger partial charge in [0.25, 0.3) is 5.91 Å². The zero-order valence-corrected chi connectivity index (χ0v) is 14.0. The van der Waals surface area contributed by atoms with Crippen LogP contribution >= 0.6 is 0 Å². The van der Waals surface area contributed by atoms with Gasteiger partial charge in [-0.05, 0) is 68.5 Å². The molecule has 0 aromatic heterocycles. The highest BCUT2D eigenvalue weighted by Crippen LogP contribution is 2.29. The number of hydrogen-bond donors (Lipinski definition) is 4. The van der Waals surface area contributed by atoms with Crippen LogP contribution in [0, 0.1) is 5.41 Å². The molecule has 1 aliphatic heterocycles. The van der Waals surface area contributed by atoms with Gasteiger partial charge in [0.05, 0.1) is 0 Å². The predicted octanol–water partition coefficient (Wildman–Crippen LogP) is 1.17. The first-order valence-electron chi connectivity index (χ1n) is 8.60. The number of hydroxylamine groups is 1. The second-order valence-electron chi connectivity index (χ2n) is 7.15. The van der Waals surface area contributed by atoms with E-state index >= 15 is 0 Å². The highest BCUT2D eigenvalue weighted by molar-refractivity contribution is 5.93. The van der Waals surface area contributed by atoms with Crippen LogP contribution in [0.3, 0.4) is 0 Å². The lowest BCUT2D eigenvalue weighted by atomic mass is 9.79. The fraction of sp³-hybridized carbons (Fsp3) is 0.556. The maximum Gasteiger partial charge on any atom is 0.274 e. The zero-order chi connectivity index (χ0) is 17.2. The third-order valence-corrected chi connectivity index (χ3v) is 5.39. The molecule has 1 heterocycles. The lowest BCUT2D eigenvalue weighted by Gasteiger charge is -2.35. The second-order valence-corrected chi connectivity index (χ2v) is 7.15. The van der Waals surface area contributed by atoms with E-state index in [0.717, 1.165) is 50.8 Å². The average Bonchev–Trinajstić information content (AvgIpc) is 2.61. The number of rotatable bonds is 3. The van der Waals surface area contributed by atoms with Crippen molar-refractivity contribution >= 4 is 11.8 Å². The van der Waals surface area contributed by atoms with Crippen LogP contribution in [-0.2, 0) is 17.6 Å². The Balaban J connectivity index is 1.68. The van der Waals surface area contributed by atoms with Gasteiger partial charge < -0.3 is 10.6 Å². The monoisotopic (exact) mass is 331 g/mol. The van der Waals surface area contributed by atoms with E-state index in [2.05, 4.69) is 10.6 Å². The summed E-state index contributed by atoms with van der Waals surface area (Å²) in [6, 6.07) is 5.57. The van der Waals surface area contributed by atoms with Crippen LogP contribution in [0.4, 0.5) is 0 Å². The maximum atomic E-state index is 12.7. The molecule has 1 fully saturated rings. The van der Waals surface area contributed by atoms with E-state index in [4.69, 9.17) is 5.21 Å². The largest absolute Gasteiger partial charge is 0.353 e. The van der Waals surface area contributed by atoms with Crippen LogP contribution in [0.25, 0.3) is 0 Å². The topological polar surface area (TPSA) is 90.5 Å². The Bertz CT molecular complexity index is 638. The minimum absolute atomic E-state index is 0.101. The Morgan fingerprint density at radius 2 is 2.00 bits per heavy atom. The first-order chi connectivity index (χ1) is 11.5. The number of aryl methyl sites for hydroxylation is 1. The number of fused-ring (bicyclic) bond motifs is 1. The van der Waals surface area contributed by atoms with Gasteiger partial charge >= 0.3 is 0 Å². The molecule has 3 rings (SSSR count). The van der Waals surface area contributed by atoms with Crippen molar-refractivity contribution in [2.24, 2.45) is 5.41 Å². The number of carbonyl (C=O) groups excluding carboxylic acids is 2. The minimum atomic E-state index is -0.508. The lowest BCUT2D eigenvalue weighted by Crippen LogP contribution is -2.50. The summed E-state index contributed by atoms with van der Waals surface area (Å²) in [5, 5.41) is 15.3. The Labute approximate surface area is 142 Å². The molecule has 1 aromatic carbocycles. The molecule has 1 aromatic rings. The number of hydrogen-bond acceptors (Lipinski definition) is 4. The summed E-state index contributed by atoms with van der Waals surface area (Å²) in [4.78, 5) is 24.3. The summed E-state index contributed by atoms with van der Waals surface area (Å²) in [6.07, 6.45) is 4.26. The third kappa shape index (κ3) is 3.44. The first kappa shape index (κ1) is 16.9. The van der Waals surface area contributed by atoms with E-state index in [-0.39, 0.29) is 17.4 Å². The molecule has 0 bridgehead atoms. The predicted molar refractivity (Wildman–Crippen MR) is 89.9 cm³/mol. The molecule has 24 heavy (non-hydrogen) atoms. The van der Waals surface area contributed by atoms with Gasteiger partial charge in [-0.3, -0.25) is 14.8 Å². The van der Waals surface area contributed by atoms with Crippen molar-refractivity contribution in [3.8, 4) is 0 Å². The van der Waals surface area contributed by atoms with Gasteiger partial charge in [-0.1, -0.05) is 13.0 Å². The summed E-state index contributed by atoms with van der Waals surface area (Å²) in [5.74, 6) is -0.368. The molecule has 1 aliphatic carbocycles. The van der Waals surface area contributed by atoms with Crippen molar-refractivity contribution in [1.29, 1.82) is 0 Å². The van der Waals surface area contributed by atoms with Crippen molar-refractivity contribution in [1.82, 2.24) is 16.1 Å². The second kappa shape index (κ2) is 6.91. The lowest BCUT2D eigenvalue weighted by molar-refractivity contribution is -0.132. The number of carbonyl (C=O) groups is 2. The quantitative estimate of drug-likeness (QED) is 0.494. The molecular formula is C18H25N3O3. The van der Waals surface area contributed by atoms with Gasteiger partial charge in [0, 0.05) is 17.0 Å². The summed E-state index contributed by atoms with van der Waals surface area (Å²) in [6.45, 7) is 3.82. The van der Waals surface area contributed by atoms with Crippen LogP contribution in [0.1, 0.15) is 47.7 Å². The SMILES string of the molecule is CC1(C(=O)NC2CCc3ccc(C(=O)NO)cc3C2)CCNCC1. The van der Waals surface area contributed by atoms with Crippen LogP contribution in [-0.4, -0.2) is 36.2 Å². The van der Waals surface area contributed by atoms with Gasteiger partial charge in [-0.2, -0.15) is 0 Å². The molecule has 0 radical (unpaired) electrons. The zero-order valence-electron chi connectivity index (χ0n) is 14.0. The van der Waals surface area contributed by atoms with E-state index in [0.29, 0.717) is 5.56 Å². The molecule has 4 N–H and O–H groups in total. The van der Waals surface area contributed by atoms with Gasteiger partial charge in [0.1, 0.15) is 0 Å². The molecule has 2 amide bonds. The molecule has 0 saturated carbocycles. The first-order valence-corrected chi connectivity index (χ1v) is 8.60. The maximum absolute atomic E-state index is 12.7. The molecule has 6 nitrogen and oxygen atoms in total. The standard InChI is InChI=1S/C18H25N3O3/c1-18(6-8-19-9-7-18)17(23)20-15-5-4-12-2-3-13(16(22)21-24)10-14(12)11-15/h2-3,10,15,19,24H,4-9,11H2,1H3,(H,20,23)(H,21,22). The highest BCUT2D eigenvalue weighted by Gasteiger charge is 2.36. The summed E-state index contributed by atoms with van der Waals surface area (Å²) < 4.78 is 0. The number of amides is 2. The van der Waals surface area contributed by atoms with E-state index in [1.165, 1.54) is 5.56 Å². The molecular weight excluding hydrogens is 306 g/mol. The summed E-state index contributed by atoms with van der Waals surface area (Å²) in [7, 11) is 0. The van der Waals surface area contributed by atoms with E-state index in [9.17, 15) is 9.59 Å². The Hall–Kier alpha value is -1.92. The highest BCUT2D eigenvalue weighted by atomic mass is 16.5. The van der Waals surface area contributed by atoms with Crippen molar-refractivity contribution < 1.29 is 14.8 Å². The smallest absolute Gasteiger partial charge is 0.274 e. The van der Waals surface area contributed by atoms with Crippen molar-refractivity contribution in [3.63, 3.8) is 0 Å². The normalized spacial score (nSPS) is 22.3. The van der Waals surface area contributed by atoms with Crippen LogP contribution < -0.4 is 16.1 Å². The Morgan fingerprint density at radius 1 is 1.25 bits per heavy atom. The molecule has 2 aliphatic rings. The average molecular weight is 331 g/mol. The third-order valence-electron chi connectivity index (χ3n) is 5.39. The van der Waals surface area contributed by atoms with E-state index in [1.807, 2.05) is 19.1 Å². The van der Waals surface area contributed by atoms with Gasteiger partial charge in [0.15, 0.2) is 0 Å². The van der Waals surface area contributed by atoms with Crippen LogP contribution in [0.5, 0.6) is 0 Å². The van der Waals surface area contributed by atoms with Crippen LogP contribution in [0.2, 0.25) is 0 Å². The van der Waals surface area contributed by atoms with Crippen molar-refractivity contribution in [3.05, 3.63) is 34.9 Å². The number of piperidine rings is 1. The summed E-state index contributed by atoms with van der Waals surface area (Å²) >= 11 is 0. The van der Waals surface area contributed by atoms with Crippen molar-refractivity contribution in [2.75, 3.05) is 13.1 Å². The van der Waals surface area contributed by atoms with Crippen LogP contribution in [0.15, 0.2) is 18.2 Å². The molecule has 1 saturated heterocycles. The Morgan fingerprint density at radius 3 is 2.71 bits per heavy atom. The fourth-order valence-electron chi connectivity index (χ4n) is 3.65. The van der Waals surface area contributed by atoms with Gasteiger partial charge in [-0.25, -0.2) is 5.48 Å². The summed E-state index contributed by atoms with van der Waals surface area (Å²) in [5.41, 5.74) is 4.10. The Kier molecular flexibility index (Phi) is 4.87. The van der Waals surface area contributed by atoms with Gasteiger partial charge in [-0.15, -0.1) is 0 Å². The fourth-order valence-corrected chi connectivity index (χ4v) is 3.65. The number of benzene rings is 1. The molecule has 0 spiro atoms. The van der Waals surface area contributed by atoms with E-state index in [1.54, 1.807) is 11.5 Å². The van der Waals surface area contributed by atoms with Gasteiger partial charge in [0.2, 0.25) is 5.91 Å². The molecule has 130 valence electrons. The van der Waals surface area contributed by atoms with E-state index < -0.39 is 5.91 Å². The molecule has 6 heteroatoms.